The van der Waals surface area contributed by atoms with E-state index in [0.29, 0.717) is 29.2 Å². The van der Waals surface area contributed by atoms with Gasteiger partial charge < -0.3 is 9.64 Å². The quantitative estimate of drug-likeness (QED) is 0.601. The van der Waals surface area contributed by atoms with Crippen LogP contribution >= 0.6 is 11.6 Å². The molecule has 0 saturated heterocycles. The van der Waals surface area contributed by atoms with Crippen LogP contribution in [-0.2, 0) is 11.3 Å². The first-order valence-corrected chi connectivity index (χ1v) is 10.1. The van der Waals surface area contributed by atoms with Crippen LogP contribution in [-0.4, -0.2) is 31.2 Å². The molecule has 4 rings (SSSR count). The van der Waals surface area contributed by atoms with Gasteiger partial charge in [0.25, 0.3) is 11.3 Å². The normalized spacial score (nSPS) is 17.0. The Balaban J connectivity index is 1.65. The number of guanidine groups is 1. The van der Waals surface area contributed by atoms with Gasteiger partial charge in [-0.15, -0.1) is 0 Å². The number of halogens is 1. The average Bonchev–Trinajstić information content (AvgIpc) is 3.12. The summed E-state index contributed by atoms with van der Waals surface area (Å²) < 4.78 is 28.9. The predicted octanol–water partition coefficient (Wildman–Crippen LogP) is 3.57. The average molecular weight is 430 g/mol. The van der Waals surface area contributed by atoms with E-state index < -0.39 is 11.3 Å². The molecule has 10 heteroatoms. The second-order valence-electron chi connectivity index (χ2n) is 6.10. The van der Waals surface area contributed by atoms with Crippen LogP contribution < -0.4 is 14.4 Å². The standard InChI is InChI=1S/C19H16ClN5O3S/c20-14-4-6-15(7-5-14)25-17(11-23-19(25)24-29(26)27)13-2-1-3-16(10-13)28-18-12-21-8-9-22-18/h1-10,12,17H,11H2,(H,23,24)(H,26,27). The van der Waals surface area contributed by atoms with Gasteiger partial charge in [0, 0.05) is 23.1 Å². The van der Waals surface area contributed by atoms with E-state index in [-0.39, 0.29) is 6.04 Å². The van der Waals surface area contributed by atoms with E-state index >= 15 is 0 Å². The van der Waals surface area contributed by atoms with Crippen molar-refractivity contribution in [2.75, 3.05) is 11.4 Å². The number of hydrogen-bond donors (Lipinski definition) is 2. The Bertz CT molecular complexity index is 1050. The van der Waals surface area contributed by atoms with Gasteiger partial charge in [0.2, 0.25) is 11.8 Å². The summed E-state index contributed by atoms with van der Waals surface area (Å²) in [6.07, 6.45) is 4.66. The van der Waals surface area contributed by atoms with E-state index in [0.717, 1.165) is 11.3 Å². The monoisotopic (exact) mass is 429 g/mol. The molecule has 0 aliphatic carbocycles. The molecule has 29 heavy (non-hydrogen) atoms. The third-order valence-corrected chi connectivity index (χ3v) is 4.85. The highest BCUT2D eigenvalue weighted by atomic mass is 35.5. The third-order valence-electron chi connectivity index (χ3n) is 4.24. The molecule has 0 bridgehead atoms. The number of nitrogens with zero attached hydrogens (tertiary/aromatic N) is 4. The SMILES string of the molecule is O=S(O)NC1=NCC(c2cccc(Oc3cnccn3)c2)N1c1ccc(Cl)cc1. The zero-order chi connectivity index (χ0) is 20.2. The number of hydrogen-bond acceptors (Lipinski definition) is 6. The highest BCUT2D eigenvalue weighted by Gasteiger charge is 2.31. The number of rotatable bonds is 5. The lowest BCUT2D eigenvalue weighted by Crippen LogP contribution is -2.40. The van der Waals surface area contributed by atoms with Crippen molar-refractivity contribution in [3.63, 3.8) is 0 Å². The minimum absolute atomic E-state index is 0.201. The minimum Gasteiger partial charge on any atom is -0.437 e. The summed E-state index contributed by atoms with van der Waals surface area (Å²) in [7, 11) is 0. The summed E-state index contributed by atoms with van der Waals surface area (Å²) in [4.78, 5) is 14.4. The molecule has 1 aliphatic heterocycles. The molecule has 2 unspecified atom stereocenters. The zero-order valence-electron chi connectivity index (χ0n) is 15.0. The van der Waals surface area contributed by atoms with Crippen LogP contribution in [0.25, 0.3) is 0 Å². The molecule has 148 valence electrons. The van der Waals surface area contributed by atoms with Crippen LogP contribution in [0.3, 0.4) is 0 Å². The van der Waals surface area contributed by atoms with Crippen LogP contribution in [0.1, 0.15) is 11.6 Å². The van der Waals surface area contributed by atoms with E-state index in [9.17, 15) is 8.76 Å². The maximum Gasteiger partial charge on any atom is 0.261 e. The first-order chi connectivity index (χ1) is 14.1. The van der Waals surface area contributed by atoms with Crippen LogP contribution in [0.5, 0.6) is 11.6 Å². The topological polar surface area (TPSA) is 99.9 Å². The molecule has 2 N–H and O–H groups in total. The third kappa shape index (κ3) is 4.53. The second kappa shape index (κ2) is 8.56. The van der Waals surface area contributed by atoms with Gasteiger partial charge in [-0.1, -0.05) is 23.7 Å². The summed E-state index contributed by atoms with van der Waals surface area (Å²) in [5.74, 6) is 1.30. The number of anilines is 1. The Kier molecular flexibility index (Phi) is 5.70. The molecule has 2 heterocycles. The lowest BCUT2D eigenvalue weighted by atomic mass is 10.1. The molecule has 0 spiro atoms. The van der Waals surface area contributed by atoms with E-state index in [2.05, 4.69) is 19.7 Å². The maximum absolute atomic E-state index is 11.3. The molecule has 8 nitrogen and oxygen atoms in total. The predicted molar refractivity (Wildman–Crippen MR) is 111 cm³/mol. The molecule has 0 amide bonds. The van der Waals surface area contributed by atoms with E-state index in [1.54, 1.807) is 24.5 Å². The smallest absolute Gasteiger partial charge is 0.261 e. The lowest BCUT2D eigenvalue weighted by Gasteiger charge is -2.28. The lowest BCUT2D eigenvalue weighted by molar-refractivity contribution is 0.459. The highest BCUT2D eigenvalue weighted by Crippen LogP contribution is 2.34. The number of aliphatic imine (C=N–C) groups is 1. The molecule has 0 saturated carbocycles. The fourth-order valence-corrected chi connectivity index (χ4v) is 3.49. The van der Waals surface area contributed by atoms with Gasteiger partial charge in [0.05, 0.1) is 18.8 Å². The van der Waals surface area contributed by atoms with Crippen LogP contribution in [0.2, 0.25) is 5.02 Å². The Hall–Kier alpha value is -3.01. The van der Waals surface area contributed by atoms with Gasteiger partial charge >= 0.3 is 0 Å². The number of nitrogens with one attached hydrogen (secondary N) is 1. The fraction of sp³-hybridized carbons (Fsp3) is 0.105. The number of aromatic nitrogens is 2. The Morgan fingerprint density at radius 3 is 2.76 bits per heavy atom. The van der Waals surface area contributed by atoms with Crippen LogP contribution in [0.4, 0.5) is 5.69 Å². The van der Waals surface area contributed by atoms with Gasteiger partial charge in [-0.05, 0) is 42.0 Å². The zero-order valence-corrected chi connectivity index (χ0v) is 16.5. The first-order valence-electron chi connectivity index (χ1n) is 8.61. The van der Waals surface area contributed by atoms with Gasteiger partial charge in [0.1, 0.15) is 5.75 Å². The van der Waals surface area contributed by atoms with Gasteiger partial charge in [0.15, 0.2) is 0 Å². The molecule has 1 aliphatic rings. The van der Waals surface area contributed by atoms with Gasteiger partial charge in [-0.2, -0.15) is 0 Å². The summed E-state index contributed by atoms with van der Waals surface area (Å²) >= 11 is 3.76. The van der Waals surface area contributed by atoms with Gasteiger partial charge in [-0.25, -0.2) is 14.2 Å². The summed E-state index contributed by atoms with van der Waals surface area (Å²) in [6.45, 7) is 0.400. The summed E-state index contributed by atoms with van der Waals surface area (Å²) in [6, 6.07) is 14.5. The number of benzene rings is 2. The van der Waals surface area contributed by atoms with Crippen molar-refractivity contribution in [3.8, 4) is 11.6 Å². The molecule has 2 aromatic carbocycles. The van der Waals surface area contributed by atoms with Gasteiger partial charge in [-0.3, -0.25) is 14.3 Å². The Labute approximate surface area is 174 Å². The van der Waals surface area contributed by atoms with E-state index in [1.165, 1.54) is 6.20 Å². The highest BCUT2D eigenvalue weighted by molar-refractivity contribution is 7.77. The summed E-state index contributed by atoms with van der Waals surface area (Å²) in [5, 5.41) is 0.598. The Morgan fingerprint density at radius 2 is 2.03 bits per heavy atom. The van der Waals surface area contributed by atoms with Crippen LogP contribution in [0, 0.1) is 0 Å². The van der Waals surface area contributed by atoms with E-state index in [4.69, 9.17) is 16.3 Å². The first kappa shape index (κ1) is 19.3. The second-order valence-corrected chi connectivity index (χ2v) is 7.23. The molecule has 3 aromatic rings. The molecule has 1 aromatic heterocycles. The van der Waals surface area contributed by atoms with Crippen molar-refractivity contribution in [1.82, 2.24) is 14.7 Å². The van der Waals surface area contributed by atoms with Crippen molar-refractivity contribution < 1.29 is 13.5 Å². The molecular formula is C19H16ClN5O3S. The van der Waals surface area contributed by atoms with Crippen molar-refractivity contribution in [1.29, 1.82) is 0 Å². The maximum atomic E-state index is 11.3. The molecule has 0 fully saturated rings. The summed E-state index contributed by atoms with van der Waals surface area (Å²) in [5.41, 5.74) is 1.71. The number of ether oxygens (including phenoxy) is 1. The van der Waals surface area contributed by atoms with Crippen molar-refractivity contribution in [3.05, 3.63) is 77.7 Å². The van der Waals surface area contributed by atoms with E-state index in [1.807, 2.05) is 41.3 Å². The van der Waals surface area contributed by atoms with Crippen molar-refractivity contribution in [2.24, 2.45) is 4.99 Å². The van der Waals surface area contributed by atoms with Crippen LogP contribution in [0.15, 0.2) is 72.1 Å². The van der Waals surface area contributed by atoms with Crippen molar-refractivity contribution >= 4 is 34.5 Å². The Morgan fingerprint density at radius 1 is 1.21 bits per heavy atom. The fourth-order valence-electron chi connectivity index (χ4n) is 3.04. The van der Waals surface area contributed by atoms with Crippen molar-refractivity contribution in [2.45, 2.75) is 6.04 Å². The molecule has 2 atom stereocenters. The largest absolute Gasteiger partial charge is 0.437 e. The molecule has 0 radical (unpaired) electrons. The minimum atomic E-state index is -2.24. The molecular weight excluding hydrogens is 414 g/mol.